The molecule has 1 atom stereocenters. The molecule has 0 aromatic heterocycles. The zero-order valence-corrected chi connectivity index (χ0v) is 9.43. The number of aliphatic carboxylic acids is 1. The van der Waals surface area contributed by atoms with Crippen LogP contribution in [-0.4, -0.2) is 22.2 Å². The van der Waals surface area contributed by atoms with Gasteiger partial charge < -0.3 is 15.9 Å². The summed E-state index contributed by atoms with van der Waals surface area (Å²) >= 11 is 1.98. The molecule has 0 aliphatic carbocycles. The maximum Gasteiger partial charge on any atom is 0.320 e. The molecule has 14 heavy (non-hydrogen) atoms. The zero-order valence-electron chi connectivity index (χ0n) is 7.27. The van der Waals surface area contributed by atoms with E-state index in [2.05, 4.69) is 0 Å². The predicted octanol–water partition coefficient (Wildman–Crippen LogP) is 0.951. The van der Waals surface area contributed by atoms with E-state index in [1.165, 1.54) is 6.07 Å². The molecule has 4 N–H and O–H groups in total. The summed E-state index contributed by atoms with van der Waals surface area (Å²) in [6, 6.07) is 4.03. The number of benzene rings is 1. The van der Waals surface area contributed by atoms with E-state index in [-0.39, 0.29) is 12.2 Å². The average molecular weight is 305 g/mol. The van der Waals surface area contributed by atoms with Crippen LogP contribution < -0.4 is 5.73 Å². The van der Waals surface area contributed by atoms with E-state index >= 15 is 0 Å². The van der Waals surface area contributed by atoms with Crippen molar-refractivity contribution in [1.82, 2.24) is 0 Å². The first-order chi connectivity index (χ1) is 6.50. The van der Waals surface area contributed by atoms with Gasteiger partial charge in [0.1, 0.15) is 11.8 Å². The van der Waals surface area contributed by atoms with Gasteiger partial charge in [-0.1, -0.05) is 6.07 Å². The predicted molar refractivity (Wildman–Crippen MR) is 60.1 cm³/mol. The smallest absolute Gasteiger partial charge is 0.320 e. The highest BCUT2D eigenvalue weighted by Crippen LogP contribution is 2.20. The number of carboxylic acid groups (broad SMARTS) is 1. The van der Waals surface area contributed by atoms with Gasteiger partial charge in [-0.2, -0.15) is 0 Å². The maximum absolute atomic E-state index is 10.5. The van der Waals surface area contributed by atoms with E-state index in [0.29, 0.717) is 3.57 Å². The summed E-state index contributed by atoms with van der Waals surface area (Å²) in [7, 11) is 0. The number of halogens is 1. The van der Waals surface area contributed by atoms with E-state index < -0.39 is 12.0 Å². The molecular weight excluding hydrogens is 295 g/mol. The Balaban J connectivity index is 2.78. The first kappa shape index (κ1) is 11.3. The number of phenolic OH excluding ortho intramolecular Hbond substituents is 1. The van der Waals surface area contributed by atoms with Crippen LogP contribution in [-0.2, 0) is 11.2 Å². The van der Waals surface area contributed by atoms with Gasteiger partial charge in [0.15, 0.2) is 0 Å². The Bertz CT molecular complexity index is 354. The lowest BCUT2D eigenvalue weighted by Crippen LogP contribution is -2.32. The fraction of sp³-hybridized carbons (Fsp3) is 0.222. The Morgan fingerprint density at radius 3 is 2.71 bits per heavy atom. The SMILES string of the molecule is N[C@@H](Cc1ccc(O)c([125I])c1)C(=O)O. The molecule has 0 heterocycles. The first-order valence-corrected chi connectivity index (χ1v) is 5.04. The third-order valence-corrected chi connectivity index (χ3v) is 2.65. The average Bonchev–Trinajstić information content (AvgIpc) is 2.11. The lowest BCUT2D eigenvalue weighted by atomic mass is 10.1. The number of carboxylic acids is 1. The number of hydrogen-bond acceptors (Lipinski definition) is 3. The van der Waals surface area contributed by atoms with Crippen molar-refractivity contribution >= 4 is 28.6 Å². The molecule has 0 aliphatic heterocycles. The van der Waals surface area contributed by atoms with Crippen LogP contribution >= 0.6 is 22.6 Å². The van der Waals surface area contributed by atoms with Gasteiger partial charge in [-0.25, -0.2) is 0 Å². The molecule has 0 amide bonds. The summed E-state index contributed by atoms with van der Waals surface area (Å²) in [5, 5.41) is 17.8. The topological polar surface area (TPSA) is 83.5 Å². The minimum atomic E-state index is -1.02. The molecule has 0 unspecified atom stereocenters. The molecule has 5 heteroatoms. The van der Waals surface area contributed by atoms with Crippen LogP contribution in [0.5, 0.6) is 5.75 Å². The lowest BCUT2D eigenvalue weighted by Gasteiger charge is -2.07. The van der Waals surface area contributed by atoms with E-state index in [0.717, 1.165) is 5.56 Å². The Morgan fingerprint density at radius 1 is 1.57 bits per heavy atom. The number of aromatic hydroxyl groups is 1. The largest absolute Gasteiger partial charge is 0.507 e. The van der Waals surface area contributed by atoms with Gasteiger partial charge in [-0.15, -0.1) is 0 Å². The number of phenols is 1. The summed E-state index contributed by atoms with van der Waals surface area (Å²) in [6.07, 6.45) is 0.269. The van der Waals surface area contributed by atoms with Crippen molar-refractivity contribution < 1.29 is 15.0 Å². The van der Waals surface area contributed by atoms with Gasteiger partial charge in [-0.05, 0) is 46.7 Å². The van der Waals surface area contributed by atoms with Crippen LogP contribution in [0.4, 0.5) is 0 Å². The molecular formula is C9H10INO3. The van der Waals surface area contributed by atoms with Crippen molar-refractivity contribution in [3.63, 3.8) is 0 Å². The van der Waals surface area contributed by atoms with Gasteiger partial charge in [0.2, 0.25) is 0 Å². The third kappa shape index (κ3) is 2.85. The molecule has 0 radical (unpaired) electrons. The molecule has 1 aromatic carbocycles. The number of carbonyl (C=O) groups is 1. The molecule has 0 saturated heterocycles. The standard InChI is InChI=1S/C9H10INO3/c10-6-3-5(1-2-8(6)12)4-7(11)9(13)14/h1-3,7,12H,4,11H2,(H,13,14)/t7-/m0/s1/i10-2. The minimum Gasteiger partial charge on any atom is -0.507 e. The van der Waals surface area contributed by atoms with Crippen LogP contribution in [0, 0.1) is 3.57 Å². The molecule has 0 bridgehead atoms. The Labute approximate surface area is 94.9 Å². The number of hydrogen-bond donors (Lipinski definition) is 3. The Hall–Kier alpha value is -0.820. The van der Waals surface area contributed by atoms with E-state index in [9.17, 15) is 9.90 Å². The second kappa shape index (κ2) is 4.61. The quantitative estimate of drug-likeness (QED) is 0.726. The molecule has 0 saturated carbocycles. The summed E-state index contributed by atoms with van der Waals surface area (Å²) in [4.78, 5) is 10.5. The Kier molecular flexibility index (Phi) is 3.70. The molecule has 4 nitrogen and oxygen atoms in total. The highest BCUT2D eigenvalue weighted by Gasteiger charge is 2.12. The molecule has 0 spiro atoms. The second-order valence-electron chi connectivity index (χ2n) is 2.93. The fourth-order valence-electron chi connectivity index (χ4n) is 1.02. The van der Waals surface area contributed by atoms with Crippen LogP contribution in [0.3, 0.4) is 0 Å². The van der Waals surface area contributed by atoms with Gasteiger partial charge in [-0.3, -0.25) is 4.79 Å². The maximum atomic E-state index is 10.5. The van der Waals surface area contributed by atoms with Crippen molar-refractivity contribution in [3.05, 3.63) is 27.3 Å². The summed E-state index contributed by atoms with van der Waals surface area (Å²) < 4.78 is 0.692. The van der Waals surface area contributed by atoms with E-state index in [1.807, 2.05) is 22.6 Å². The third-order valence-electron chi connectivity index (χ3n) is 1.78. The minimum absolute atomic E-state index is 0.193. The monoisotopic (exact) mass is 305 g/mol. The van der Waals surface area contributed by atoms with E-state index in [1.54, 1.807) is 12.1 Å². The first-order valence-electron chi connectivity index (χ1n) is 3.96. The van der Waals surface area contributed by atoms with Gasteiger partial charge in [0.25, 0.3) is 0 Å². The van der Waals surface area contributed by atoms with Gasteiger partial charge in [0.05, 0.1) is 3.57 Å². The molecule has 0 fully saturated rings. The van der Waals surface area contributed by atoms with Crippen LogP contribution in [0.15, 0.2) is 18.2 Å². The fourth-order valence-corrected chi connectivity index (χ4v) is 1.60. The van der Waals surface area contributed by atoms with Gasteiger partial charge >= 0.3 is 5.97 Å². The Morgan fingerprint density at radius 2 is 2.21 bits per heavy atom. The molecule has 1 aromatic rings. The summed E-state index contributed by atoms with van der Waals surface area (Å²) in [5.74, 6) is -0.827. The summed E-state index contributed by atoms with van der Waals surface area (Å²) in [6.45, 7) is 0. The van der Waals surface area contributed by atoms with Crippen molar-refractivity contribution in [1.29, 1.82) is 0 Å². The van der Waals surface area contributed by atoms with Crippen molar-refractivity contribution in [2.45, 2.75) is 12.5 Å². The highest BCUT2D eigenvalue weighted by atomic mass is 125. The summed E-state index contributed by atoms with van der Waals surface area (Å²) in [5.41, 5.74) is 6.18. The highest BCUT2D eigenvalue weighted by molar-refractivity contribution is 14.1. The van der Waals surface area contributed by atoms with Gasteiger partial charge in [0, 0.05) is 0 Å². The van der Waals surface area contributed by atoms with Crippen LogP contribution in [0.2, 0.25) is 0 Å². The van der Waals surface area contributed by atoms with Crippen LogP contribution in [0.1, 0.15) is 5.56 Å². The van der Waals surface area contributed by atoms with Crippen molar-refractivity contribution in [3.8, 4) is 5.75 Å². The zero-order chi connectivity index (χ0) is 10.7. The number of rotatable bonds is 3. The van der Waals surface area contributed by atoms with Crippen molar-refractivity contribution in [2.24, 2.45) is 5.73 Å². The second-order valence-corrected chi connectivity index (χ2v) is 4.10. The van der Waals surface area contributed by atoms with Crippen molar-refractivity contribution in [2.75, 3.05) is 0 Å². The lowest BCUT2D eigenvalue weighted by molar-refractivity contribution is -0.138. The number of nitrogens with two attached hydrogens (primary N) is 1. The molecule has 1 rings (SSSR count). The van der Waals surface area contributed by atoms with E-state index in [4.69, 9.17) is 10.8 Å². The van der Waals surface area contributed by atoms with Crippen LogP contribution in [0.25, 0.3) is 0 Å². The molecule has 0 aliphatic rings. The normalized spacial score (nSPS) is 12.4. The molecule has 76 valence electrons.